The largest absolute Gasteiger partial charge is 0.405 e. The van der Waals surface area contributed by atoms with Gasteiger partial charge in [-0.2, -0.15) is 13.2 Å². The summed E-state index contributed by atoms with van der Waals surface area (Å²) in [6.45, 7) is 0.379. The Hall–Kier alpha value is -2.48. The maximum absolute atomic E-state index is 12.2. The highest BCUT2D eigenvalue weighted by Gasteiger charge is 2.27. The van der Waals surface area contributed by atoms with Gasteiger partial charge in [-0.3, -0.25) is 9.59 Å². The maximum Gasteiger partial charge on any atom is 0.405 e. The lowest BCUT2D eigenvalue weighted by Gasteiger charge is -2.12. The van der Waals surface area contributed by atoms with Crippen molar-refractivity contribution in [2.45, 2.75) is 23.2 Å². The first-order chi connectivity index (χ1) is 12.2. The van der Waals surface area contributed by atoms with Crippen molar-refractivity contribution in [1.82, 2.24) is 5.32 Å². The van der Waals surface area contributed by atoms with E-state index in [1.165, 1.54) is 36.0 Å². The van der Waals surface area contributed by atoms with Crippen LogP contribution in [0.5, 0.6) is 0 Å². The summed E-state index contributed by atoms with van der Waals surface area (Å²) in [5, 5.41) is 4.16. The van der Waals surface area contributed by atoms with Crippen LogP contribution in [0, 0.1) is 0 Å². The van der Waals surface area contributed by atoms with Crippen molar-refractivity contribution in [2.75, 3.05) is 11.9 Å². The fraction of sp³-hybridized carbons (Fsp3) is 0.222. The van der Waals surface area contributed by atoms with Crippen LogP contribution in [0.4, 0.5) is 18.9 Å². The molecule has 0 heterocycles. The molecule has 2 amide bonds. The van der Waals surface area contributed by atoms with Crippen molar-refractivity contribution >= 4 is 29.3 Å². The second-order valence-corrected chi connectivity index (χ2v) is 6.85. The number of amides is 2. The highest BCUT2D eigenvalue weighted by Crippen LogP contribution is 2.23. The number of nitrogens with one attached hydrogen (secondary N) is 2. The third kappa shape index (κ3) is 6.44. The van der Waals surface area contributed by atoms with Crippen LogP contribution in [-0.2, 0) is 4.79 Å². The number of anilines is 1. The van der Waals surface area contributed by atoms with Gasteiger partial charge in [-0.25, -0.2) is 0 Å². The normalized spacial score (nSPS) is 12.3. The topological polar surface area (TPSA) is 58.2 Å². The quantitative estimate of drug-likeness (QED) is 0.740. The number of carbonyl (C=O) groups is 2. The fourth-order valence-corrected chi connectivity index (χ4v) is 2.88. The third-order valence-electron chi connectivity index (χ3n) is 3.29. The molecule has 0 aliphatic carbocycles. The van der Waals surface area contributed by atoms with E-state index in [2.05, 4.69) is 5.32 Å². The van der Waals surface area contributed by atoms with Gasteiger partial charge in [0.2, 0.25) is 5.91 Å². The minimum absolute atomic E-state index is 0.0824. The summed E-state index contributed by atoms with van der Waals surface area (Å²) in [4.78, 5) is 24.8. The number of thioether (sulfide) groups is 1. The molecule has 0 aliphatic heterocycles. The van der Waals surface area contributed by atoms with E-state index in [9.17, 15) is 22.8 Å². The van der Waals surface area contributed by atoms with Crippen LogP contribution in [0.3, 0.4) is 0 Å². The summed E-state index contributed by atoms with van der Waals surface area (Å²) < 4.78 is 36.3. The Balaban J connectivity index is 1.89. The Morgan fingerprint density at radius 1 is 1.04 bits per heavy atom. The summed E-state index contributed by atoms with van der Waals surface area (Å²) in [6.07, 6.45) is -4.46. The Morgan fingerprint density at radius 3 is 2.23 bits per heavy atom. The summed E-state index contributed by atoms with van der Waals surface area (Å²) >= 11 is 1.41. The van der Waals surface area contributed by atoms with Gasteiger partial charge in [0.1, 0.15) is 6.54 Å². The molecule has 0 aliphatic rings. The highest BCUT2D eigenvalue weighted by molar-refractivity contribution is 8.00. The third-order valence-corrected chi connectivity index (χ3v) is 4.40. The molecular formula is C18H17F3N2O2S. The number of benzene rings is 2. The standard InChI is InChI=1S/C18H17F3N2O2S/c1-12(26-15-5-3-2-4-6-15)16(24)23-14-9-7-13(8-10-14)17(25)22-11-18(19,20)21/h2-10,12H,11H2,1H3,(H,22,25)(H,23,24). The van der Waals surface area contributed by atoms with Gasteiger partial charge in [-0.15, -0.1) is 11.8 Å². The number of alkyl halides is 3. The van der Waals surface area contributed by atoms with Crippen molar-refractivity contribution in [3.05, 3.63) is 60.2 Å². The molecule has 0 saturated heterocycles. The van der Waals surface area contributed by atoms with Crippen LogP contribution in [0.1, 0.15) is 17.3 Å². The van der Waals surface area contributed by atoms with Crippen molar-refractivity contribution < 1.29 is 22.8 Å². The lowest BCUT2D eigenvalue weighted by atomic mass is 10.2. The van der Waals surface area contributed by atoms with E-state index in [1.54, 1.807) is 12.2 Å². The molecule has 1 atom stereocenters. The second-order valence-electron chi connectivity index (χ2n) is 5.44. The van der Waals surface area contributed by atoms with Crippen LogP contribution in [0.15, 0.2) is 59.5 Å². The lowest BCUT2D eigenvalue weighted by molar-refractivity contribution is -0.123. The van der Waals surface area contributed by atoms with E-state index < -0.39 is 18.6 Å². The van der Waals surface area contributed by atoms with E-state index in [-0.39, 0.29) is 16.7 Å². The van der Waals surface area contributed by atoms with Gasteiger partial charge in [0, 0.05) is 16.1 Å². The summed E-state index contributed by atoms with van der Waals surface area (Å²) in [6, 6.07) is 15.1. The molecule has 4 nitrogen and oxygen atoms in total. The number of halogens is 3. The Morgan fingerprint density at radius 2 is 1.65 bits per heavy atom. The first kappa shape index (κ1) is 19.8. The zero-order valence-corrected chi connectivity index (χ0v) is 14.7. The monoisotopic (exact) mass is 382 g/mol. The molecule has 26 heavy (non-hydrogen) atoms. The maximum atomic E-state index is 12.2. The molecule has 8 heteroatoms. The Labute approximate surface area is 153 Å². The van der Waals surface area contributed by atoms with Gasteiger partial charge in [-0.1, -0.05) is 18.2 Å². The zero-order chi connectivity index (χ0) is 19.2. The Bertz CT molecular complexity index is 749. The van der Waals surface area contributed by atoms with E-state index >= 15 is 0 Å². The Kier molecular flexibility index (Phi) is 6.68. The molecule has 0 fully saturated rings. The van der Waals surface area contributed by atoms with Crippen molar-refractivity contribution in [3.63, 3.8) is 0 Å². The van der Waals surface area contributed by atoms with Crippen molar-refractivity contribution in [1.29, 1.82) is 0 Å². The molecule has 0 bridgehead atoms. The molecular weight excluding hydrogens is 365 g/mol. The van der Waals surface area contributed by atoms with Crippen LogP contribution >= 0.6 is 11.8 Å². The van der Waals surface area contributed by atoms with Gasteiger partial charge >= 0.3 is 6.18 Å². The molecule has 0 radical (unpaired) electrons. The average molecular weight is 382 g/mol. The first-order valence-corrected chi connectivity index (χ1v) is 8.60. The molecule has 2 rings (SSSR count). The molecule has 2 aromatic rings. The van der Waals surface area contributed by atoms with E-state index in [1.807, 2.05) is 30.3 Å². The predicted octanol–water partition coefficient (Wildman–Crippen LogP) is 4.10. The summed E-state index contributed by atoms with van der Waals surface area (Å²) in [5.74, 6) is -1.04. The number of carbonyl (C=O) groups excluding carboxylic acids is 2. The smallest absolute Gasteiger partial charge is 0.343 e. The zero-order valence-electron chi connectivity index (χ0n) is 13.8. The number of hydrogen-bond donors (Lipinski definition) is 2. The van der Waals surface area contributed by atoms with Gasteiger partial charge in [0.15, 0.2) is 0 Å². The molecule has 0 spiro atoms. The molecule has 0 saturated carbocycles. The highest BCUT2D eigenvalue weighted by atomic mass is 32.2. The van der Waals surface area contributed by atoms with Crippen LogP contribution in [0.25, 0.3) is 0 Å². The molecule has 138 valence electrons. The van der Waals surface area contributed by atoms with Gasteiger partial charge in [0.05, 0.1) is 5.25 Å². The van der Waals surface area contributed by atoms with Crippen LogP contribution in [-0.4, -0.2) is 29.8 Å². The first-order valence-electron chi connectivity index (χ1n) is 7.72. The predicted molar refractivity (Wildman–Crippen MR) is 95.2 cm³/mol. The molecule has 1 unspecified atom stereocenters. The second kappa shape index (κ2) is 8.75. The summed E-state index contributed by atoms with van der Waals surface area (Å²) in [7, 11) is 0. The molecule has 0 aromatic heterocycles. The van der Waals surface area contributed by atoms with Crippen LogP contribution in [0.2, 0.25) is 0 Å². The van der Waals surface area contributed by atoms with Gasteiger partial charge in [0.25, 0.3) is 5.91 Å². The lowest BCUT2D eigenvalue weighted by Crippen LogP contribution is -2.33. The van der Waals surface area contributed by atoms with E-state index in [0.29, 0.717) is 5.69 Å². The number of rotatable bonds is 6. The van der Waals surface area contributed by atoms with Gasteiger partial charge < -0.3 is 10.6 Å². The van der Waals surface area contributed by atoms with E-state index in [4.69, 9.17) is 0 Å². The van der Waals surface area contributed by atoms with Crippen molar-refractivity contribution in [2.24, 2.45) is 0 Å². The van der Waals surface area contributed by atoms with Crippen molar-refractivity contribution in [3.8, 4) is 0 Å². The van der Waals surface area contributed by atoms with E-state index in [0.717, 1.165) is 4.90 Å². The van der Waals surface area contributed by atoms with Gasteiger partial charge in [-0.05, 0) is 43.3 Å². The summed E-state index contributed by atoms with van der Waals surface area (Å²) in [5.41, 5.74) is 0.543. The minimum Gasteiger partial charge on any atom is -0.343 e. The molecule has 2 aromatic carbocycles. The minimum atomic E-state index is -4.46. The molecule has 2 N–H and O–H groups in total. The fourth-order valence-electron chi connectivity index (χ4n) is 1.99. The van der Waals surface area contributed by atoms with Crippen LogP contribution < -0.4 is 10.6 Å². The average Bonchev–Trinajstić information content (AvgIpc) is 2.60. The number of hydrogen-bond acceptors (Lipinski definition) is 3. The SMILES string of the molecule is CC(Sc1ccccc1)C(=O)Nc1ccc(C(=O)NCC(F)(F)F)cc1.